The number of thioether (sulfide) groups is 1. The van der Waals surface area contributed by atoms with Crippen LogP contribution in [0.25, 0.3) is 0 Å². The van der Waals surface area contributed by atoms with Crippen LogP contribution in [0, 0.1) is 0 Å². The van der Waals surface area contributed by atoms with Gasteiger partial charge in [-0.15, -0.1) is 0 Å². The topological polar surface area (TPSA) is 15.6 Å². The molecule has 0 saturated heterocycles. The van der Waals surface area contributed by atoms with E-state index in [0.29, 0.717) is 5.37 Å². The molecule has 2 nitrogen and oxygen atoms in total. The molecule has 1 heterocycles. The molecule has 0 aliphatic carbocycles. The summed E-state index contributed by atoms with van der Waals surface area (Å²) in [5, 5.41) is 6.27. The van der Waals surface area contributed by atoms with Gasteiger partial charge >= 0.3 is 0 Å². The predicted molar refractivity (Wildman–Crippen MR) is 52.0 cm³/mol. The summed E-state index contributed by atoms with van der Waals surface area (Å²) in [5.74, 6) is 0. The lowest BCUT2D eigenvalue weighted by Gasteiger charge is -2.17. The average molecular weight is 177 g/mol. The van der Waals surface area contributed by atoms with Gasteiger partial charge in [0.15, 0.2) is 5.55 Å². The van der Waals surface area contributed by atoms with E-state index in [2.05, 4.69) is 22.8 Å². The van der Waals surface area contributed by atoms with Crippen molar-refractivity contribution in [2.24, 2.45) is 5.10 Å². The molecule has 0 bridgehead atoms. The fourth-order valence-corrected chi connectivity index (χ4v) is 1.94. The van der Waals surface area contributed by atoms with Crippen molar-refractivity contribution < 1.29 is 0 Å². The number of benzene rings is 1. The number of rotatable bonds is 1. The standard InChI is InChI=1S/C9H9N2S/c1-11-9(12-7-10-11)8-5-3-2-4-6-8/h2-6,9H,1H3. The maximum atomic E-state index is 4.04. The number of hydrogen-bond acceptors (Lipinski definition) is 3. The van der Waals surface area contributed by atoms with Crippen molar-refractivity contribution in [3.8, 4) is 0 Å². The summed E-state index contributed by atoms with van der Waals surface area (Å²) in [5.41, 5.74) is 4.16. The first-order chi connectivity index (χ1) is 5.88. The van der Waals surface area contributed by atoms with Crippen LogP contribution in [0.2, 0.25) is 0 Å². The lowest BCUT2D eigenvalue weighted by atomic mass is 10.2. The smallest absolute Gasteiger partial charge is 0.153 e. The largest absolute Gasteiger partial charge is 0.281 e. The lowest BCUT2D eigenvalue weighted by Crippen LogP contribution is -2.11. The minimum atomic E-state index is 0.311. The van der Waals surface area contributed by atoms with Gasteiger partial charge in [0.05, 0.1) is 0 Å². The summed E-state index contributed by atoms with van der Waals surface area (Å²) in [6.07, 6.45) is 0. The molecular formula is C9H9N2S. The third-order valence-electron chi connectivity index (χ3n) is 1.79. The van der Waals surface area contributed by atoms with E-state index in [-0.39, 0.29) is 0 Å². The van der Waals surface area contributed by atoms with Crippen LogP contribution in [-0.4, -0.2) is 17.6 Å². The van der Waals surface area contributed by atoms with E-state index < -0.39 is 0 Å². The minimum absolute atomic E-state index is 0.311. The molecule has 1 atom stereocenters. The molecule has 1 aromatic carbocycles. The first-order valence-electron chi connectivity index (χ1n) is 3.77. The normalized spacial score (nSPS) is 21.8. The zero-order valence-electron chi connectivity index (χ0n) is 6.77. The Balaban J connectivity index is 2.22. The molecule has 0 amide bonds. The summed E-state index contributed by atoms with van der Waals surface area (Å²) in [4.78, 5) is 0. The highest BCUT2D eigenvalue weighted by atomic mass is 32.2. The summed E-state index contributed by atoms with van der Waals surface area (Å²) in [6.45, 7) is 0. The van der Waals surface area contributed by atoms with Gasteiger partial charge in [-0.05, 0) is 5.56 Å². The molecule has 0 aromatic heterocycles. The maximum Gasteiger partial charge on any atom is 0.153 e. The van der Waals surface area contributed by atoms with Crippen LogP contribution in [0.4, 0.5) is 0 Å². The van der Waals surface area contributed by atoms with Crippen LogP contribution in [0.1, 0.15) is 10.9 Å². The van der Waals surface area contributed by atoms with Crippen LogP contribution in [0.3, 0.4) is 0 Å². The molecule has 12 heavy (non-hydrogen) atoms. The van der Waals surface area contributed by atoms with Crippen molar-refractivity contribution >= 4 is 17.3 Å². The van der Waals surface area contributed by atoms with Gasteiger partial charge in [-0.3, -0.25) is 5.01 Å². The number of hydrogen-bond donors (Lipinski definition) is 0. The molecule has 0 fully saturated rings. The Morgan fingerprint density at radius 3 is 2.75 bits per heavy atom. The predicted octanol–water partition coefficient (Wildman–Crippen LogP) is 2.18. The van der Waals surface area contributed by atoms with Crippen molar-refractivity contribution in [2.75, 3.05) is 7.05 Å². The summed E-state index contributed by atoms with van der Waals surface area (Å²) in [7, 11) is 1.96. The second kappa shape index (κ2) is 3.19. The van der Waals surface area contributed by atoms with Crippen LogP contribution in [0.15, 0.2) is 35.4 Å². The monoisotopic (exact) mass is 177 g/mol. The van der Waals surface area contributed by atoms with Crippen molar-refractivity contribution in [2.45, 2.75) is 5.37 Å². The summed E-state index contributed by atoms with van der Waals surface area (Å²) >= 11 is 1.61. The highest BCUT2D eigenvalue weighted by molar-refractivity contribution is 8.12. The Morgan fingerprint density at radius 1 is 1.42 bits per heavy atom. The molecule has 0 saturated carbocycles. The molecule has 61 valence electrons. The molecule has 1 aliphatic rings. The van der Waals surface area contributed by atoms with E-state index in [1.165, 1.54) is 5.56 Å². The molecule has 3 heteroatoms. The Hall–Kier alpha value is -0.960. The molecule has 1 unspecified atom stereocenters. The molecule has 0 spiro atoms. The lowest BCUT2D eigenvalue weighted by molar-refractivity contribution is 0.348. The van der Waals surface area contributed by atoms with Gasteiger partial charge < -0.3 is 0 Å². The van der Waals surface area contributed by atoms with E-state index >= 15 is 0 Å². The number of hydrazone groups is 1. The molecule has 1 aliphatic heterocycles. The average Bonchev–Trinajstić information content (AvgIpc) is 2.53. The van der Waals surface area contributed by atoms with E-state index in [1.54, 1.807) is 11.8 Å². The Morgan fingerprint density at radius 2 is 2.17 bits per heavy atom. The van der Waals surface area contributed by atoms with Gasteiger partial charge in [-0.2, -0.15) is 5.10 Å². The van der Waals surface area contributed by atoms with E-state index in [1.807, 2.05) is 30.3 Å². The molecule has 0 N–H and O–H groups in total. The first kappa shape index (κ1) is 7.68. The second-order valence-electron chi connectivity index (χ2n) is 2.65. The van der Waals surface area contributed by atoms with Gasteiger partial charge in [0.25, 0.3) is 0 Å². The van der Waals surface area contributed by atoms with E-state index in [4.69, 9.17) is 0 Å². The molecule has 1 radical (unpaired) electrons. The Labute approximate surface area is 76.3 Å². The first-order valence-corrected chi connectivity index (χ1v) is 4.65. The highest BCUT2D eigenvalue weighted by Gasteiger charge is 2.19. The van der Waals surface area contributed by atoms with Crippen molar-refractivity contribution in [1.29, 1.82) is 0 Å². The molecular weight excluding hydrogens is 168 g/mol. The quantitative estimate of drug-likeness (QED) is 0.653. The zero-order valence-corrected chi connectivity index (χ0v) is 7.58. The highest BCUT2D eigenvalue weighted by Crippen LogP contribution is 2.33. The zero-order chi connectivity index (χ0) is 8.39. The summed E-state index contributed by atoms with van der Waals surface area (Å²) < 4.78 is 0. The fraction of sp³-hybridized carbons (Fsp3) is 0.222. The van der Waals surface area contributed by atoms with Gasteiger partial charge in [0.1, 0.15) is 5.37 Å². The van der Waals surface area contributed by atoms with E-state index in [0.717, 1.165) is 0 Å². The number of nitrogens with zero attached hydrogens (tertiary/aromatic N) is 2. The van der Waals surface area contributed by atoms with Crippen LogP contribution in [-0.2, 0) is 0 Å². The SMILES string of the molecule is CN1N=[C]SC1c1ccccc1. The third-order valence-corrected chi connectivity index (χ3v) is 2.77. The van der Waals surface area contributed by atoms with Gasteiger partial charge in [-0.1, -0.05) is 42.1 Å². The Kier molecular flexibility index (Phi) is 2.04. The van der Waals surface area contributed by atoms with Crippen molar-refractivity contribution in [1.82, 2.24) is 5.01 Å². The maximum absolute atomic E-state index is 4.04. The van der Waals surface area contributed by atoms with Gasteiger partial charge in [0.2, 0.25) is 0 Å². The minimum Gasteiger partial charge on any atom is -0.281 e. The van der Waals surface area contributed by atoms with Crippen LogP contribution < -0.4 is 0 Å². The summed E-state index contributed by atoms with van der Waals surface area (Å²) in [6, 6.07) is 10.3. The van der Waals surface area contributed by atoms with Crippen molar-refractivity contribution in [3.63, 3.8) is 0 Å². The Bertz CT molecular complexity index is 284. The van der Waals surface area contributed by atoms with Gasteiger partial charge in [-0.25, -0.2) is 0 Å². The second-order valence-corrected chi connectivity index (χ2v) is 3.51. The van der Waals surface area contributed by atoms with Crippen LogP contribution in [0.5, 0.6) is 0 Å². The van der Waals surface area contributed by atoms with Crippen LogP contribution >= 0.6 is 11.8 Å². The van der Waals surface area contributed by atoms with E-state index in [9.17, 15) is 0 Å². The third kappa shape index (κ3) is 1.32. The molecule has 1 aromatic rings. The van der Waals surface area contributed by atoms with Crippen molar-refractivity contribution in [3.05, 3.63) is 35.9 Å². The van der Waals surface area contributed by atoms with Gasteiger partial charge in [0, 0.05) is 7.05 Å². The molecule has 2 rings (SSSR count). The fourth-order valence-electron chi connectivity index (χ4n) is 1.17.